The summed E-state index contributed by atoms with van der Waals surface area (Å²) in [4.78, 5) is 2.79. The van der Waals surface area contributed by atoms with Crippen LogP contribution >= 0.6 is 0 Å². The van der Waals surface area contributed by atoms with E-state index in [9.17, 15) is 0 Å². The summed E-state index contributed by atoms with van der Waals surface area (Å²) in [5, 5.41) is 3.53. The van der Waals surface area contributed by atoms with Gasteiger partial charge in [0.25, 0.3) is 0 Å². The van der Waals surface area contributed by atoms with Crippen LogP contribution < -0.4 is 5.32 Å². The highest BCUT2D eigenvalue weighted by atomic mass is 15.2. The van der Waals surface area contributed by atoms with Crippen molar-refractivity contribution in [2.45, 2.75) is 57.5 Å². The molecule has 2 saturated carbocycles. The number of hydrogen-bond donors (Lipinski definition) is 1. The van der Waals surface area contributed by atoms with E-state index in [-0.39, 0.29) is 0 Å². The van der Waals surface area contributed by atoms with Crippen LogP contribution in [0.3, 0.4) is 0 Å². The molecule has 3 unspecified atom stereocenters. The average Bonchev–Trinajstić information content (AvgIpc) is 3.20. The molecular weight excluding hydrogens is 208 g/mol. The number of nitrogens with one attached hydrogen (secondary N) is 1. The van der Waals surface area contributed by atoms with Crippen LogP contribution in [0.25, 0.3) is 0 Å². The van der Waals surface area contributed by atoms with Crippen LogP contribution in [0.2, 0.25) is 0 Å². The van der Waals surface area contributed by atoms with Crippen molar-refractivity contribution >= 4 is 0 Å². The molecule has 0 aromatic rings. The Bertz CT molecular complexity index is 258. The number of rotatable bonds is 5. The quantitative estimate of drug-likeness (QED) is 0.789. The molecule has 0 aromatic heterocycles. The summed E-state index contributed by atoms with van der Waals surface area (Å²) in [7, 11) is 2.14. The van der Waals surface area contributed by atoms with Gasteiger partial charge in [-0.25, -0.2) is 0 Å². The van der Waals surface area contributed by atoms with Crippen LogP contribution in [0, 0.1) is 17.8 Å². The highest BCUT2D eigenvalue weighted by Gasteiger charge is 2.37. The Morgan fingerprint density at radius 1 is 1.12 bits per heavy atom. The minimum Gasteiger partial charge on any atom is -0.316 e. The molecule has 0 aromatic carbocycles. The predicted octanol–water partition coefficient (Wildman–Crippen LogP) is 2.49. The lowest BCUT2D eigenvalue weighted by Crippen LogP contribution is -2.51. The van der Waals surface area contributed by atoms with E-state index in [0.717, 1.165) is 29.8 Å². The van der Waals surface area contributed by atoms with Gasteiger partial charge in [-0.05, 0) is 57.4 Å². The molecule has 3 aliphatic rings. The fraction of sp³-hybridized carbons (Fsp3) is 1.00. The van der Waals surface area contributed by atoms with E-state index in [1.54, 1.807) is 0 Å². The molecule has 1 heterocycles. The van der Waals surface area contributed by atoms with Crippen molar-refractivity contribution in [1.82, 2.24) is 10.2 Å². The molecule has 2 heteroatoms. The van der Waals surface area contributed by atoms with Crippen molar-refractivity contribution in [1.29, 1.82) is 0 Å². The smallest absolute Gasteiger partial charge is 0.0195 e. The molecule has 2 nitrogen and oxygen atoms in total. The molecule has 2 aliphatic carbocycles. The van der Waals surface area contributed by atoms with Gasteiger partial charge in [0, 0.05) is 25.2 Å². The van der Waals surface area contributed by atoms with Gasteiger partial charge in [0.05, 0.1) is 0 Å². The highest BCUT2D eigenvalue weighted by Crippen LogP contribution is 2.40. The third-order valence-electron chi connectivity index (χ3n) is 5.22. The Morgan fingerprint density at radius 3 is 2.47 bits per heavy atom. The van der Waals surface area contributed by atoms with Gasteiger partial charge in [0.2, 0.25) is 0 Å². The molecule has 1 saturated heterocycles. The van der Waals surface area contributed by atoms with Gasteiger partial charge in [-0.3, -0.25) is 4.90 Å². The maximum atomic E-state index is 3.53. The summed E-state index contributed by atoms with van der Waals surface area (Å²) in [6.07, 6.45) is 8.91. The van der Waals surface area contributed by atoms with E-state index in [1.165, 1.54) is 51.6 Å². The third-order valence-corrected chi connectivity index (χ3v) is 5.22. The van der Waals surface area contributed by atoms with Crippen LogP contribution in [0.4, 0.5) is 0 Å². The first kappa shape index (κ1) is 12.0. The number of likely N-dealkylation sites (N-methyl/N-ethyl adjacent to an activating group) is 1. The summed E-state index contributed by atoms with van der Waals surface area (Å²) in [6, 6.07) is 1.58. The van der Waals surface area contributed by atoms with E-state index in [2.05, 4.69) is 24.2 Å². The summed E-state index contributed by atoms with van der Waals surface area (Å²) < 4.78 is 0. The minimum atomic E-state index is 0.744. The second-order valence-electron chi connectivity index (χ2n) is 6.80. The summed E-state index contributed by atoms with van der Waals surface area (Å²) in [5.41, 5.74) is 0. The maximum Gasteiger partial charge on any atom is 0.0195 e. The Kier molecular flexibility index (Phi) is 3.45. The van der Waals surface area contributed by atoms with Gasteiger partial charge in [-0.1, -0.05) is 12.8 Å². The molecule has 17 heavy (non-hydrogen) atoms. The Labute approximate surface area is 106 Å². The molecular formula is C15H28N2. The number of hydrogen-bond acceptors (Lipinski definition) is 2. The molecule has 3 rings (SSSR count). The van der Waals surface area contributed by atoms with Crippen LogP contribution in [0.1, 0.15) is 45.4 Å². The van der Waals surface area contributed by atoms with Crippen molar-refractivity contribution in [2.75, 3.05) is 20.1 Å². The lowest BCUT2D eigenvalue weighted by Gasteiger charge is -2.41. The zero-order valence-corrected chi connectivity index (χ0v) is 11.5. The zero-order chi connectivity index (χ0) is 11.8. The van der Waals surface area contributed by atoms with Gasteiger partial charge in [-0.15, -0.1) is 0 Å². The molecule has 3 fully saturated rings. The number of piperidine rings is 1. The van der Waals surface area contributed by atoms with Crippen LogP contribution in [-0.4, -0.2) is 37.1 Å². The maximum absolute atomic E-state index is 3.53. The van der Waals surface area contributed by atoms with E-state index in [4.69, 9.17) is 0 Å². The second kappa shape index (κ2) is 4.89. The highest BCUT2D eigenvalue weighted by molar-refractivity contribution is 4.92. The van der Waals surface area contributed by atoms with Crippen molar-refractivity contribution in [3.8, 4) is 0 Å². The largest absolute Gasteiger partial charge is 0.316 e. The Hall–Kier alpha value is -0.0800. The minimum absolute atomic E-state index is 0.744. The van der Waals surface area contributed by atoms with Crippen LogP contribution in [0.5, 0.6) is 0 Å². The lowest BCUT2D eigenvalue weighted by atomic mass is 9.88. The zero-order valence-electron chi connectivity index (χ0n) is 11.5. The Morgan fingerprint density at radius 2 is 1.88 bits per heavy atom. The van der Waals surface area contributed by atoms with Gasteiger partial charge in [0.15, 0.2) is 0 Å². The summed E-state index contributed by atoms with van der Waals surface area (Å²) >= 11 is 0. The van der Waals surface area contributed by atoms with Crippen LogP contribution in [0.15, 0.2) is 0 Å². The van der Waals surface area contributed by atoms with E-state index in [1.807, 2.05) is 0 Å². The van der Waals surface area contributed by atoms with Gasteiger partial charge >= 0.3 is 0 Å². The van der Waals surface area contributed by atoms with E-state index in [0.29, 0.717) is 0 Å². The predicted molar refractivity (Wildman–Crippen MR) is 72.1 cm³/mol. The van der Waals surface area contributed by atoms with Gasteiger partial charge in [0.1, 0.15) is 0 Å². The number of nitrogens with zero attached hydrogens (tertiary/aromatic N) is 1. The monoisotopic (exact) mass is 236 g/mol. The van der Waals surface area contributed by atoms with Crippen molar-refractivity contribution < 1.29 is 0 Å². The first-order chi connectivity index (χ1) is 8.26. The molecule has 1 aliphatic heterocycles. The molecule has 0 radical (unpaired) electrons. The van der Waals surface area contributed by atoms with Crippen molar-refractivity contribution in [3.63, 3.8) is 0 Å². The molecule has 0 amide bonds. The van der Waals surface area contributed by atoms with E-state index >= 15 is 0 Å². The Balaban J connectivity index is 1.57. The van der Waals surface area contributed by atoms with E-state index < -0.39 is 0 Å². The SMILES string of the molecule is CNC1CC(CC2CC2)CN(C(C)C2CC2)C1. The molecule has 98 valence electrons. The van der Waals surface area contributed by atoms with Crippen molar-refractivity contribution in [3.05, 3.63) is 0 Å². The lowest BCUT2D eigenvalue weighted by molar-refractivity contribution is 0.0910. The van der Waals surface area contributed by atoms with Gasteiger partial charge < -0.3 is 5.32 Å². The fourth-order valence-electron chi connectivity index (χ4n) is 3.65. The third kappa shape index (κ3) is 3.03. The first-order valence-corrected chi connectivity index (χ1v) is 7.67. The topological polar surface area (TPSA) is 15.3 Å². The average molecular weight is 236 g/mol. The standard InChI is InChI=1S/C15H28N2/c1-11(14-5-6-14)17-9-13(7-12-3-4-12)8-15(10-17)16-2/h11-16H,3-10H2,1-2H3. The van der Waals surface area contributed by atoms with Crippen LogP contribution in [-0.2, 0) is 0 Å². The number of likely N-dealkylation sites (tertiary alicyclic amines) is 1. The van der Waals surface area contributed by atoms with Gasteiger partial charge in [-0.2, -0.15) is 0 Å². The first-order valence-electron chi connectivity index (χ1n) is 7.67. The molecule has 1 N–H and O–H groups in total. The summed E-state index contributed by atoms with van der Waals surface area (Å²) in [6.45, 7) is 5.13. The fourth-order valence-corrected chi connectivity index (χ4v) is 3.65. The second-order valence-corrected chi connectivity index (χ2v) is 6.80. The molecule has 3 atom stereocenters. The summed E-state index contributed by atoms with van der Waals surface area (Å²) in [5.74, 6) is 3.08. The molecule has 0 spiro atoms. The van der Waals surface area contributed by atoms with Crippen molar-refractivity contribution in [2.24, 2.45) is 17.8 Å². The molecule has 0 bridgehead atoms. The normalized spacial score (nSPS) is 37.1.